The SMILES string of the molecule is COC(=O)c1ccc2c(c1)NC(=O)C2C(=Nc1ccc(CCNC(C)=O)cc1)c1ccccc1. The molecule has 0 fully saturated rings. The maximum Gasteiger partial charge on any atom is 0.337 e. The third-order valence-corrected chi connectivity index (χ3v) is 5.62. The van der Waals surface area contributed by atoms with Crippen molar-refractivity contribution < 1.29 is 19.1 Å². The lowest BCUT2D eigenvalue weighted by Gasteiger charge is -2.14. The van der Waals surface area contributed by atoms with Crippen LogP contribution in [0.2, 0.25) is 0 Å². The van der Waals surface area contributed by atoms with Crippen molar-refractivity contribution in [2.45, 2.75) is 19.3 Å². The zero-order valence-corrected chi connectivity index (χ0v) is 19.0. The van der Waals surface area contributed by atoms with Crippen molar-refractivity contribution in [1.29, 1.82) is 0 Å². The molecule has 4 rings (SSSR count). The molecule has 2 N–H and O–H groups in total. The molecule has 0 aromatic heterocycles. The quantitative estimate of drug-likeness (QED) is 0.416. The van der Waals surface area contributed by atoms with Crippen LogP contribution in [0.4, 0.5) is 11.4 Å². The highest BCUT2D eigenvalue weighted by Gasteiger charge is 2.35. The lowest BCUT2D eigenvalue weighted by atomic mass is 9.90. The van der Waals surface area contributed by atoms with Gasteiger partial charge in [-0.1, -0.05) is 48.5 Å². The number of nitrogens with zero attached hydrogens (tertiary/aromatic N) is 1. The fourth-order valence-corrected chi connectivity index (χ4v) is 3.94. The standard InChI is InChI=1S/C27H25N3O4/c1-17(31)28-15-14-18-8-11-21(12-9-18)29-25(19-6-4-3-5-7-19)24-22-13-10-20(27(33)34-2)16-23(22)30-26(24)32/h3-13,16,24H,14-15H2,1-2H3,(H,28,31)(H,30,32). The van der Waals surface area contributed by atoms with Crippen LogP contribution < -0.4 is 10.6 Å². The average Bonchev–Trinajstić information content (AvgIpc) is 3.18. The van der Waals surface area contributed by atoms with Crippen molar-refractivity contribution >= 4 is 34.9 Å². The average molecular weight is 456 g/mol. The highest BCUT2D eigenvalue weighted by Crippen LogP contribution is 2.37. The number of hydrogen-bond acceptors (Lipinski definition) is 5. The van der Waals surface area contributed by atoms with Gasteiger partial charge in [-0.3, -0.25) is 14.6 Å². The molecule has 0 spiro atoms. The maximum absolute atomic E-state index is 13.1. The number of hydrogen-bond donors (Lipinski definition) is 2. The number of ether oxygens (including phenoxy) is 1. The number of carbonyl (C=O) groups excluding carboxylic acids is 3. The van der Waals surface area contributed by atoms with Crippen molar-refractivity contribution in [2.24, 2.45) is 4.99 Å². The van der Waals surface area contributed by atoms with Gasteiger partial charge in [0.25, 0.3) is 0 Å². The summed E-state index contributed by atoms with van der Waals surface area (Å²) in [7, 11) is 1.32. The van der Waals surface area contributed by atoms with E-state index in [-0.39, 0.29) is 11.8 Å². The molecular formula is C27H25N3O4. The fraction of sp³-hybridized carbons (Fsp3) is 0.185. The Morgan fingerprint density at radius 1 is 1.00 bits per heavy atom. The molecule has 34 heavy (non-hydrogen) atoms. The fourth-order valence-electron chi connectivity index (χ4n) is 3.94. The molecule has 3 aromatic carbocycles. The molecule has 1 unspecified atom stereocenters. The van der Waals surface area contributed by atoms with Crippen LogP contribution in [0.5, 0.6) is 0 Å². The number of amides is 2. The first kappa shape index (κ1) is 22.9. The molecule has 0 aliphatic carbocycles. The number of anilines is 1. The first-order valence-corrected chi connectivity index (χ1v) is 11.0. The zero-order chi connectivity index (χ0) is 24.1. The Kier molecular flexibility index (Phi) is 6.82. The summed E-state index contributed by atoms with van der Waals surface area (Å²) in [6.07, 6.45) is 0.718. The Morgan fingerprint density at radius 3 is 2.41 bits per heavy atom. The molecule has 0 saturated carbocycles. The van der Waals surface area contributed by atoms with Gasteiger partial charge in [-0.25, -0.2) is 4.79 Å². The van der Waals surface area contributed by atoms with Gasteiger partial charge < -0.3 is 15.4 Å². The second kappa shape index (κ2) is 10.1. The summed E-state index contributed by atoms with van der Waals surface area (Å²) in [6, 6.07) is 22.4. The van der Waals surface area contributed by atoms with Crippen molar-refractivity contribution in [1.82, 2.24) is 5.32 Å². The minimum Gasteiger partial charge on any atom is -0.465 e. The molecule has 3 aromatic rings. The molecule has 0 radical (unpaired) electrons. The molecule has 172 valence electrons. The Morgan fingerprint density at radius 2 is 1.74 bits per heavy atom. The van der Waals surface area contributed by atoms with Gasteiger partial charge in [0.1, 0.15) is 5.92 Å². The third kappa shape index (κ3) is 5.04. The number of nitrogens with one attached hydrogen (secondary N) is 2. The Balaban J connectivity index is 1.69. The minimum atomic E-state index is -0.622. The molecule has 1 aliphatic rings. The molecule has 0 saturated heterocycles. The molecule has 2 amide bonds. The van der Waals surface area contributed by atoms with E-state index in [0.717, 1.165) is 28.8 Å². The summed E-state index contributed by atoms with van der Waals surface area (Å²) in [4.78, 5) is 40.9. The van der Waals surface area contributed by atoms with E-state index in [0.29, 0.717) is 23.5 Å². The van der Waals surface area contributed by atoms with Crippen LogP contribution in [-0.4, -0.2) is 37.1 Å². The van der Waals surface area contributed by atoms with Crippen molar-refractivity contribution in [3.63, 3.8) is 0 Å². The van der Waals surface area contributed by atoms with E-state index in [2.05, 4.69) is 10.6 Å². The number of esters is 1. The molecule has 1 heterocycles. The molecule has 7 nitrogen and oxygen atoms in total. The summed E-state index contributed by atoms with van der Waals surface area (Å²) in [5.41, 5.74) is 4.95. The maximum atomic E-state index is 13.1. The molecule has 7 heteroatoms. The summed E-state index contributed by atoms with van der Waals surface area (Å²) < 4.78 is 4.80. The first-order chi connectivity index (χ1) is 16.5. The van der Waals surface area contributed by atoms with Crippen molar-refractivity contribution in [2.75, 3.05) is 19.0 Å². The predicted molar refractivity (Wildman–Crippen MR) is 131 cm³/mol. The first-order valence-electron chi connectivity index (χ1n) is 11.0. The van der Waals surface area contributed by atoms with Gasteiger partial charge >= 0.3 is 5.97 Å². The van der Waals surface area contributed by atoms with Gasteiger partial charge in [0.15, 0.2) is 0 Å². The number of benzene rings is 3. The summed E-state index contributed by atoms with van der Waals surface area (Å²) in [5.74, 6) is -1.34. The lowest BCUT2D eigenvalue weighted by molar-refractivity contribution is -0.119. The largest absolute Gasteiger partial charge is 0.465 e. The van der Waals surface area contributed by atoms with Gasteiger partial charge in [-0.2, -0.15) is 0 Å². The van der Waals surface area contributed by atoms with E-state index < -0.39 is 11.9 Å². The van der Waals surface area contributed by atoms with Crippen molar-refractivity contribution in [3.8, 4) is 0 Å². The second-order valence-electron chi connectivity index (χ2n) is 7.98. The van der Waals surface area contributed by atoms with Gasteiger partial charge in [0.2, 0.25) is 11.8 Å². The predicted octanol–water partition coefficient (Wildman–Crippen LogP) is 4.01. The third-order valence-electron chi connectivity index (χ3n) is 5.62. The highest BCUT2D eigenvalue weighted by molar-refractivity contribution is 6.24. The van der Waals surface area contributed by atoms with E-state index in [9.17, 15) is 14.4 Å². The van der Waals surface area contributed by atoms with E-state index in [1.807, 2.05) is 54.6 Å². The van der Waals surface area contributed by atoms with Crippen LogP contribution in [0.3, 0.4) is 0 Å². The Bertz CT molecular complexity index is 1250. The van der Waals surface area contributed by atoms with Crippen LogP contribution >= 0.6 is 0 Å². The molecule has 0 bridgehead atoms. The molecule has 1 aliphatic heterocycles. The number of carbonyl (C=O) groups is 3. The van der Waals surface area contributed by atoms with Crippen LogP contribution in [0, 0.1) is 0 Å². The Hall–Kier alpha value is -4.26. The van der Waals surface area contributed by atoms with Crippen LogP contribution in [0.1, 0.15) is 39.9 Å². The summed E-state index contributed by atoms with van der Waals surface area (Å²) >= 11 is 0. The number of rotatable bonds is 7. The van der Waals surface area contributed by atoms with Crippen LogP contribution in [-0.2, 0) is 20.7 Å². The summed E-state index contributed by atoms with van der Waals surface area (Å²) in [6.45, 7) is 2.07. The minimum absolute atomic E-state index is 0.0532. The summed E-state index contributed by atoms with van der Waals surface area (Å²) in [5, 5.41) is 5.67. The zero-order valence-electron chi connectivity index (χ0n) is 19.0. The van der Waals surface area contributed by atoms with Gasteiger partial charge in [0, 0.05) is 19.2 Å². The normalized spacial score (nSPS) is 14.8. The number of aliphatic imine (C=N–C) groups is 1. The molecular weight excluding hydrogens is 430 g/mol. The van der Waals surface area contributed by atoms with Gasteiger partial charge in [0.05, 0.1) is 24.1 Å². The lowest BCUT2D eigenvalue weighted by Crippen LogP contribution is -2.22. The van der Waals surface area contributed by atoms with Gasteiger partial charge in [-0.15, -0.1) is 0 Å². The number of methoxy groups -OCH3 is 1. The second-order valence-corrected chi connectivity index (χ2v) is 7.98. The van der Waals surface area contributed by atoms with Crippen LogP contribution in [0.15, 0.2) is 77.8 Å². The number of fused-ring (bicyclic) bond motifs is 1. The van der Waals surface area contributed by atoms with Gasteiger partial charge in [-0.05, 0) is 47.4 Å². The van der Waals surface area contributed by atoms with E-state index >= 15 is 0 Å². The molecule has 1 atom stereocenters. The van der Waals surface area contributed by atoms with E-state index in [4.69, 9.17) is 9.73 Å². The van der Waals surface area contributed by atoms with E-state index in [1.165, 1.54) is 14.0 Å². The Labute approximate surface area is 197 Å². The van der Waals surface area contributed by atoms with Crippen LogP contribution in [0.25, 0.3) is 0 Å². The monoisotopic (exact) mass is 455 g/mol. The van der Waals surface area contributed by atoms with Crippen molar-refractivity contribution in [3.05, 3.63) is 95.1 Å². The highest BCUT2D eigenvalue weighted by atomic mass is 16.5. The topological polar surface area (TPSA) is 96.9 Å². The smallest absolute Gasteiger partial charge is 0.337 e. The van der Waals surface area contributed by atoms with E-state index in [1.54, 1.807) is 18.2 Å².